The number of nitrogens with zero attached hydrogens (tertiary/aromatic N) is 4. The fourth-order valence-corrected chi connectivity index (χ4v) is 1.82. The molecule has 1 aromatic rings. The number of rotatable bonds is 3. The lowest BCUT2D eigenvalue weighted by Crippen LogP contribution is -2.10. The molecule has 1 aromatic heterocycles. The molecule has 0 spiro atoms. The molecule has 0 atom stereocenters. The van der Waals surface area contributed by atoms with E-state index in [1.807, 2.05) is 0 Å². The van der Waals surface area contributed by atoms with Crippen molar-refractivity contribution >= 4 is 21.7 Å². The van der Waals surface area contributed by atoms with Gasteiger partial charge in [0.2, 0.25) is 0 Å². The van der Waals surface area contributed by atoms with E-state index in [9.17, 15) is 10.1 Å². The van der Waals surface area contributed by atoms with Gasteiger partial charge in [-0.15, -0.1) is 0 Å². The standard InChI is InChI=1S/C8H7BrN4O2/c9-6-3-12(11-7(6)13(14)15)5-8(4-10)1-2-8/h3H,1-2,5H2. The first-order valence-corrected chi connectivity index (χ1v) is 5.14. The molecule has 0 unspecified atom stereocenters. The molecule has 2 rings (SSSR count). The third-order valence-corrected chi connectivity index (χ3v) is 2.99. The molecule has 7 heteroatoms. The van der Waals surface area contributed by atoms with Gasteiger partial charge in [0.05, 0.1) is 29.3 Å². The molecule has 1 fully saturated rings. The van der Waals surface area contributed by atoms with Crippen molar-refractivity contribution in [3.63, 3.8) is 0 Å². The van der Waals surface area contributed by atoms with Crippen LogP contribution in [0.1, 0.15) is 12.8 Å². The van der Waals surface area contributed by atoms with Crippen LogP contribution in [0.3, 0.4) is 0 Å². The van der Waals surface area contributed by atoms with Crippen molar-refractivity contribution in [2.45, 2.75) is 19.4 Å². The summed E-state index contributed by atoms with van der Waals surface area (Å²) in [5.41, 5.74) is -0.348. The molecule has 6 nitrogen and oxygen atoms in total. The maximum atomic E-state index is 10.5. The van der Waals surface area contributed by atoms with Crippen LogP contribution in [-0.2, 0) is 6.54 Å². The zero-order chi connectivity index (χ0) is 11.1. The van der Waals surface area contributed by atoms with Gasteiger partial charge in [0.15, 0.2) is 0 Å². The van der Waals surface area contributed by atoms with Gasteiger partial charge in [0.25, 0.3) is 0 Å². The topological polar surface area (TPSA) is 84.8 Å². The van der Waals surface area contributed by atoms with Crippen LogP contribution in [-0.4, -0.2) is 14.7 Å². The Morgan fingerprint density at radius 2 is 2.47 bits per heavy atom. The predicted molar refractivity (Wildman–Crippen MR) is 53.9 cm³/mol. The summed E-state index contributed by atoms with van der Waals surface area (Å²) in [7, 11) is 0. The van der Waals surface area contributed by atoms with Crippen LogP contribution >= 0.6 is 15.9 Å². The Morgan fingerprint density at radius 3 is 2.87 bits per heavy atom. The number of hydrogen-bond donors (Lipinski definition) is 0. The van der Waals surface area contributed by atoms with Gasteiger partial charge in [-0.25, -0.2) is 0 Å². The molecule has 0 bridgehead atoms. The first kappa shape index (κ1) is 10.1. The smallest absolute Gasteiger partial charge is 0.358 e. The molecule has 78 valence electrons. The van der Waals surface area contributed by atoms with E-state index in [0.717, 1.165) is 12.8 Å². The summed E-state index contributed by atoms with van der Waals surface area (Å²) >= 11 is 3.06. The van der Waals surface area contributed by atoms with Crippen molar-refractivity contribution in [1.82, 2.24) is 9.78 Å². The van der Waals surface area contributed by atoms with Gasteiger partial charge >= 0.3 is 5.82 Å². The van der Waals surface area contributed by atoms with Crippen molar-refractivity contribution < 1.29 is 4.92 Å². The second-order valence-electron chi connectivity index (χ2n) is 3.65. The number of nitro groups is 1. The van der Waals surface area contributed by atoms with Gasteiger partial charge in [-0.1, -0.05) is 0 Å². The molecule has 1 aliphatic carbocycles. The maximum Gasteiger partial charge on any atom is 0.404 e. The highest BCUT2D eigenvalue weighted by atomic mass is 79.9. The SMILES string of the molecule is N#CC1(Cn2cc(Br)c([N+](=O)[O-])n2)CC1. The summed E-state index contributed by atoms with van der Waals surface area (Å²) in [6.07, 6.45) is 3.22. The van der Waals surface area contributed by atoms with Crippen LogP contribution in [0.2, 0.25) is 0 Å². The first-order chi connectivity index (χ1) is 7.06. The predicted octanol–water partition coefficient (Wildman–Crippen LogP) is 1.86. The average molecular weight is 271 g/mol. The van der Waals surface area contributed by atoms with Crippen LogP contribution in [0.4, 0.5) is 5.82 Å². The molecular weight excluding hydrogens is 264 g/mol. The molecule has 0 N–H and O–H groups in total. The third kappa shape index (κ3) is 1.85. The Labute approximate surface area is 93.8 Å². The van der Waals surface area contributed by atoms with Gasteiger partial charge in [-0.3, -0.25) is 0 Å². The van der Waals surface area contributed by atoms with Gasteiger partial charge in [0, 0.05) is 0 Å². The minimum atomic E-state index is -0.549. The summed E-state index contributed by atoms with van der Waals surface area (Å²) in [6.45, 7) is 0.427. The molecule has 15 heavy (non-hydrogen) atoms. The average Bonchev–Trinajstić information content (AvgIpc) is 2.84. The highest BCUT2D eigenvalue weighted by molar-refractivity contribution is 9.10. The van der Waals surface area contributed by atoms with Crippen LogP contribution in [0.25, 0.3) is 0 Å². The van der Waals surface area contributed by atoms with Gasteiger partial charge < -0.3 is 10.1 Å². The quantitative estimate of drug-likeness (QED) is 0.620. The van der Waals surface area contributed by atoms with Crippen molar-refractivity contribution in [3.8, 4) is 6.07 Å². The molecule has 0 aromatic carbocycles. The summed E-state index contributed by atoms with van der Waals surface area (Å²) in [5, 5.41) is 23.2. The van der Waals surface area contributed by atoms with Crippen molar-refractivity contribution in [2.75, 3.05) is 0 Å². The third-order valence-electron chi connectivity index (χ3n) is 2.43. The van der Waals surface area contributed by atoms with Gasteiger partial charge in [0.1, 0.15) is 4.47 Å². The molecular formula is C8H7BrN4O2. The zero-order valence-electron chi connectivity index (χ0n) is 7.68. The Balaban J connectivity index is 2.21. The molecule has 0 aliphatic heterocycles. The Bertz CT molecular complexity index is 458. The number of aromatic nitrogens is 2. The first-order valence-electron chi connectivity index (χ1n) is 4.35. The van der Waals surface area contributed by atoms with Crippen LogP contribution < -0.4 is 0 Å². The van der Waals surface area contributed by atoms with Crippen molar-refractivity contribution in [3.05, 3.63) is 20.8 Å². The second-order valence-corrected chi connectivity index (χ2v) is 4.50. The Morgan fingerprint density at radius 1 is 1.80 bits per heavy atom. The lowest BCUT2D eigenvalue weighted by atomic mass is 10.1. The number of nitriles is 1. The highest BCUT2D eigenvalue weighted by Crippen LogP contribution is 2.46. The van der Waals surface area contributed by atoms with E-state index in [2.05, 4.69) is 27.1 Å². The minimum Gasteiger partial charge on any atom is -0.358 e. The van der Waals surface area contributed by atoms with Gasteiger partial charge in [-0.05, 0) is 33.7 Å². The largest absolute Gasteiger partial charge is 0.404 e. The Kier molecular flexibility index (Phi) is 2.23. The van der Waals surface area contributed by atoms with E-state index in [1.165, 1.54) is 10.9 Å². The van der Waals surface area contributed by atoms with Crippen molar-refractivity contribution in [1.29, 1.82) is 5.26 Å². The summed E-state index contributed by atoms with van der Waals surface area (Å²) in [4.78, 5) is 9.97. The highest BCUT2D eigenvalue weighted by Gasteiger charge is 2.44. The van der Waals surface area contributed by atoms with E-state index in [-0.39, 0.29) is 11.2 Å². The fourth-order valence-electron chi connectivity index (χ4n) is 1.36. The van der Waals surface area contributed by atoms with E-state index < -0.39 is 4.92 Å². The monoisotopic (exact) mass is 270 g/mol. The van der Waals surface area contributed by atoms with Crippen LogP contribution in [0, 0.1) is 26.9 Å². The maximum absolute atomic E-state index is 10.5. The normalized spacial score (nSPS) is 17.1. The second kappa shape index (κ2) is 3.31. The fraction of sp³-hybridized carbons (Fsp3) is 0.500. The molecule has 0 amide bonds. The summed E-state index contributed by atoms with van der Waals surface area (Å²) < 4.78 is 1.81. The summed E-state index contributed by atoms with van der Waals surface area (Å²) in [5.74, 6) is -0.205. The van der Waals surface area contributed by atoms with E-state index >= 15 is 0 Å². The molecule has 0 saturated heterocycles. The van der Waals surface area contributed by atoms with Crippen LogP contribution in [0.5, 0.6) is 0 Å². The van der Waals surface area contributed by atoms with Crippen LogP contribution in [0.15, 0.2) is 10.7 Å². The van der Waals surface area contributed by atoms with Gasteiger partial charge in [-0.2, -0.15) is 9.94 Å². The molecule has 1 heterocycles. The number of hydrogen-bond acceptors (Lipinski definition) is 4. The molecule has 1 saturated carbocycles. The lowest BCUT2D eigenvalue weighted by molar-refractivity contribution is -0.390. The number of halogens is 1. The van der Waals surface area contributed by atoms with Crippen molar-refractivity contribution in [2.24, 2.45) is 5.41 Å². The molecule has 0 radical (unpaired) electrons. The zero-order valence-corrected chi connectivity index (χ0v) is 9.27. The van der Waals surface area contributed by atoms with E-state index in [0.29, 0.717) is 11.0 Å². The summed E-state index contributed by atoms with van der Waals surface area (Å²) in [6, 6.07) is 2.21. The van der Waals surface area contributed by atoms with E-state index in [1.54, 1.807) is 0 Å². The lowest BCUT2D eigenvalue weighted by Gasteiger charge is -2.00. The minimum absolute atomic E-state index is 0.205. The molecule has 1 aliphatic rings. The van der Waals surface area contributed by atoms with E-state index in [4.69, 9.17) is 5.26 Å². The Hall–Kier alpha value is -1.42.